The van der Waals surface area contributed by atoms with E-state index in [1.165, 1.54) is 17.7 Å². The van der Waals surface area contributed by atoms with Crippen molar-refractivity contribution >= 4 is 21.6 Å². The van der Waals surface area contributed by atoms with E-state index in [-0.39, 0.29) is 0 Å². The Morgan fingerprint density at radius 3 is 2.36 bits per heavy atom. The van der Waals surface area contributed by atoms with E-state index in [1.54, 1.807) is 24.3 Å². The fourth-order valence-corrected chi connectivity index (χ4v) is 6.62. The Kier molecular flexibility index (Phi) is 7.24. The third-order valence-electron chi connectivity index (χ3n) is 5.54. The molecule has 1 heterocycles. The summed E-state index contributed by atoms with van der Waals surface area (Å²) in [6.45, 7) is 6.90. The summed E-state index contributed by atoms with van der Waals surface area (Å²) < 4.78 is 25.2. The summed E-state index contributed by atoms with van der Waals surface area (Å²) in [7, 11) is -3.32. The molecule has 0 N–H and O–H groups in total. The molecule has 1 aliphatic heterocycles. The molecule has 28 heavy (non-hydrogen) atoms. The summed E-state index contributed by atoms with van der Waals surface area (Å²) in [6, 6.07) is 19.5. The van der Waals surface area contributed by atoms with Crippen LogP contribution in [0, 0.1) is 0 Å². The minimum atomic E-state index is -3.32. The zero-order chi connectivity index (χ0) is 20.0. The van der Waals surface area contributed by atoms with Gasteiger partial charge in [-0.1, -0.05) is 36.4 Å². The van der Waals surface area contributed by atoms with E-state index < -0.39 is 14.6 Å². The van der Waals surface area contributed by atoms with Crippen LogP contribution in [0.5, 0.6) is 0 Å². The Morgan fingerprint density at radius 1 is 1.04 bits per heavy atom. The summed E-state index contributed by atoms with van der Waals surface area (Å²) in [4.78, 5) is 4.27. The number of thioether (sulfide) groups is 1. The quantitative estimate of drug-likeness (QED) is 0.586. The molecule has 0 spiro atoms. The lowest BCUT2D eigenvalue weighted by Crippen LogP contribution is -2.39. The summed E-state index contributed by atoms with van der Waals surface area (Å²) in [6.07, 6.45) is 4.05. The number of likely N-dealkylation sites (tertiary alicyclic amines) is 1. The van der Waals surface area contributed by atoms with Gasteiger partial charge in [-0.15, -0.1) is 11.8 Å². The lowest BCUT2D eigenvalue weighted by atomic mass is 10.1. The third-order valence-corrected chi connectivity index (χ3v) is 9.36. The van der Waals surface area contributed by atoms with Crippen LogP contribution in [-0.2, 0) is 9.84 Å². The van der Waals surface area contributed by atoms with E-state index >= 15 is 0 Å². The van der Waals surface area contributed by atoms with E-state index in [1.807, 2.05) is 31.7 Å². The second kappa shape index (κ2) is 9.47. The topological polar surface area (TPSA) is 37.4 Å². The van der Waals surface area contributed by atoms with Gasteiger partial charge in [0.1, 0.15) is 0 Å². The monoisotopic (exact) mass is 417 g/mol. The van der Waals surface area contributed by atoms with E-state index in [2.05, 4.69) is 35.2 Å². The number of hydrogen-bond donors (Lipinski definition) is 0. The lowest BCUT2D eigenvalue weighted by Gasteiger charge is -2.33. The van der Waals surface area contributed by atoms with Crippen molar-refractivity contribution in [3.05, 3.63) is 60.7 Å². The Labute approximate surface area is 174 Å². The minimum absolute atomic E-state index is 0.428. The number of piperidine rings is 1. The van der Waals surface area contributed by atoms with Crippen molar-refractivity contribution in [3.63, 3.8) is 0 Å². The molecule has 0 radical (unpaired) electrons. The zero-order valence-corrected chi connectivity index (χ0v) is 18.5. The highest BCUT2D eigenvalue weighted by molar-refractivity contribution is 8.00. The van der Waals surface area contributed by atoms with Crippen LogP contribution in [0.25, 0.3) is 0 Å². The Morgan fingerprint density at radius 2 is 1.68 bits per heavy atom. The standard InChI is InChI=1S/C23H31NO2S2/c1-23(2,28(25,26)22-14-7-4-8-15-22)16-10-18-24-17-9-13-21(19-24)27-20-11-5-3-6-12-20/h3-8,11-12,14-15,21H,9-10,13,16-19H2,1-2H3. The van der Waals surface area contributed by atoms with E-state index in [0.29, 0.717) is 16.6 Å². The Balaban J connectivity index is 1.51. The average molecular weight is 418 g/mol. The highest BCUT2D eigenvalue weighted by Crippen LogP contribution is 2.31. The van der Waals surface area contributed by atoms with Crippen LogP contribution in [0.15, 0.2) is 70.5 Å². The van der Waals surface area contributed by atoms with Crippen LogP contribution < -0.4 is 0 Å². The summed E-state index contributed by atoms with van der Waals surface area (Å²) in [5.41, 5.74) is 0. The van der Waals surface area contributed by atoms with Crippen LogP contribution in [-0.4, -0.2) is 42.9 Å². The average Bonchev–Trinajstić information content (AvgIpc) is 2.69. The predicted molar refractivity (Wildman–Crippen MR) is 119 cm³/mol. The Hall–Kier alpha value is -1.30. The highest BCUT2D eigenvalue weighted by Gasteiger charge is 2.35. The van der Waals surface area contributed by atoms with Gasteiger partial charge in [-0.3, -0.25) is 0 Å². The van der Waals surface area contributed by atoms with E-state index in [0.717, 1.165) is 26.1 Å². The molecule has 0 saturated carbocycles. The molecule has 1 fully saturated rings. The first-order valence-corrected chi connectivity index (χ1v) is 12.5. The summed E-state index contributed by atoms with van der Waals surface area (Å²) in [5.74, 6) is 0. The van der Waals surface area contributed by atoms with Crippen molar-refractivity contribution in [1.29, 1.82) is 0 Å². The van der Waals surface area contributed by atoms with Crippen molar-refractivity contribution in [1.82, 2.24) is 4.90 Å². The molecule has 152 valence electrons. The van der Waals surface area contributed by atoms with E-state index in [4.69, 9.17) is 0 Å². The smallest absolute Gasteiger partial charge is 0.183 e. The number of nitrogens with zero attached hydrogens (tertiary/aromatic N) is 1. The van der Waals surface area contributed by atoms with Gasteiger partial charge in [0.15, 0.2) is 9.84 Å². The molecule has 0 bridgehead atoms. The van der Waals surface area contributed by atoms with Crippen molar-refractivity contribution in [2.24, 2.45) is 0 Å². The Bertz CT molecular complexity index is 835. The zero-order valence-electron chi connectivity index (χ0n) is 16.9. The number of sulfone groups is 1. The first kappa shape index (κ1) is 21.4. The maximum absolute atomic E-state index is 13.0. The molecule has 2 aromatic carbocycles. The second-order valence-corrected chi connectivity index (χ2v) is 12.1. The van der Waals surface area contributed by atoms with Gasteiger partial charge in [0.2, 0.25) is 0 Å². The molecule has 1 unspecified atom stereocenters. The van der Waals surface area contributed by atoms with Crippen LogP contribution in [0.4, 0.5) is 0 Å². The molecular weight excluding hydrogens is 386 g/mol. The van der Waals surface area contributed by atoms with Crippen LogP contribution >= 0.6 is 11.8 Å². The van der Waals surface area contributed by atoms with Gasteiger partial charge in [-0.25, -0.2) is 8.42 Å². The first-order valence-electron chi connectivity index (χ1n) is 10.1. The fraction of sp³-hybridized carbons (Fsp3) is 0.478. The lowest BCUT2D eigenvalue weighted by molar-refractivity contribution is 0.227. The molecule has 1 saturated heterocycles. The van der Waals surface area contributed by atoms with Crippen LogP contribution in [0.1, 0.15) is 39.5 Å². The molecular formula is C23H31NO2S2. The number of benzene rings is 2. The number of hydrogen-bond acceptors (Lipinski definition) is 4. The van der Waals surface area contributed by atoms with Crippen LogP contribution in [0.3, 0.4) is 0 Å². The van der Waals surface area contributed by atoms with Gasteiger partial charge < -0.3 is 4.90 Å². The molecule has 0 aliphatic carbocycles. The van der Waals surface area contributed by atoms with Gasteiger partial charge in [0, 0.05) is 16.7 Å². The van der Waals surface area contributed by atoms with Gasteiger partial charge >= 0.3 is 0 Å². The third kappa shape index (κ3) is 5.40. The fourth-order valence-electron chi connectivity index (χ4n) is 3.79. The van der Waals surface area contributed by atoms with Crippen LogP contribution in [0.2, 0.25) is 0 Å². The largest absolute Gasteiger partial charge is 0.302 e. The molecule has 1 aliphatic rings. The van der Waals surface area contributed by atoms with Crippen molar-refractivity contribution in [2.75, 3.05) is 19.6 Å². The van der Waals surface area contributed by atoms with Gasteiger partial charge in [0.25, 0.3) is 0 Å². The second-order valence-electron chi connectivity index (χ2n) is 8.18. The van der Waals surface area contributed by atoms with Crippen molar-refractivity contribution in [2.45, 2.75) is 59.3 Å². The molecule has 1 atom stereocenters. The molecule has 2 aromatic rings. The SMILES string of the molecule is CC(C)(CCCN1CCCC(Sc2ccccc2)C1)S(=O)(=O)c1ccccc1. The maximum atomic E-state index is 13.0. The molecule has 0 amide bonds. The normalized spacial score (nSPS) is 18.9. The summed E-state index contributed by atoms with van der Waals surface area (Å²) in [5, 5.41) is 0.622. The van der Waals surface area contributed by atoms with Gasteiger partial charge in [0.05, 0.1) is 9.64 Å². The predicted octanol–water partition coefficient (Wildman–Crippen LogP) is 5.28. The molecule has 3 nitrogen and oxygen atoms in total. The molecule has 3 rings (SSSR count). The van der Waals surface area contributed by atoms with E-state index in [9.17, 15) is 8.42 Å². The highest BCUT2D eigenvalue weighted by atomic mass is 32.2. The first-order chi connectivity index (χ1) is 13.4. The van der Waals surface area contributed by atoms with Gasteiger partial charge in [-0.05, 0) is 76.9 Å². The minimum Gasteiger partial charge on any atom is -0.302 e. The molecule has 5 heteroatoms. The summed E-state index contributed by atoms with van der Waals surface area (Å²) >= 11 is 1.97. The van der Waals surface area contributed by atoms with Gasteiger partial charge in [-0.2, -0.15) is 0 Å². The number of rotatable bonds is 8. The van der Waals surface area contributed by atoms with Crippen molar-refractivity contribution < 1.29 is 8.42 Å². The maximum Gasteiger partial charge on any atom is 0.183 e. The molecule has 0 aromatic heterocycles. The van der Waals surface area contributed by atoms with Crippen molar-refractivity contribution in [3.8, 4) is 0 Å².